The molecule has 0 aliphatic heterocycles. The lowest BCUT2D eigenvalue weighted by atomic mass is 9.92. The topological polar surface area (TPSA) is 35.5 Å². The summed E-state index contributed by atoms with van der Waals surface area (Å²) in [5, 5.41) is 12.4. The third-order valence-electron chi connectivity index (χ3n) is 2.50. The summed E-state index contributed by atoms with van der Waals surface area (Å²) in [4.78, 5) is 2.29. The number of likely N-dealkylation sites (N-methyl/N-ethyl adjacent to an activating group) is 1. The molecule has 0 aromatic heterocycles. The molecule has 0 heterocycles. The highest BCUT2D eigenvalue weighted by molar-refractivity contribution is 4.76. The van der Waals surface area contributed by atoms with E-state index in [2.05, 4.69) is 44.8 Å². The third-order valence-corrected chi connectivity index (χ3v) is 2.50. The average molecular weight is 216 g/mol. The molecular formula is C12H28N2O. The Hall–Kier alpha value is -0.120. The highest BCUT2D eigenvalue weighted by Gasteiger charge is 2.20. The minimum atomic E-state index is 0.252. The standard InChI is InChI=1S/C12H28N2O/c1-6-14(7-8-15)10-12(4,5)9-13-11(2)3/h11,13,15H,6-10H2,1-5H3. The maximum atomic E-state index is 8.93. The van der Waals surface area contributed by atoms with Crippen molar-refractivity contribution in [2.24, 2.45) is 5.41 Å². The molecule has 0 radical (unpaired) electrons. The smallest absolute Gasteiger partial charge is 0.0558 e. The Kier molecular flexibility index (Phi) is 7.14. The van der Waals surface area contributed by atoms with Crippen LogP contribution in [0, 0.1) is 5.41 Å². The van der Waals surface area contributed by atoms with Crippen LogP contribution < -0.4 is 5.32 Å². The van der Waals surface area contributed by atoms with Gasteiger partial charge >= 0.3 is 0 Å². The molecule has 0 bridgehead atoms. The van der Waals surface area contributed by atoms with Crippen molar-refractivity contribution in [3.8, 4) is 0 Å². The molecule has 2 N–H and O–H groups in total. The highest BCUT2D eigenvalue weighted by atomic mass is 16.3. The minimum Gasteiger partial charge on any atom is -0.395 e. The number of aliphatic hydroxyl groups is 1. The molecule has 0 unspecified atom stereocenters. The van der Waals surface area contributed by atoms with Crippen molar-refractivity contribution in [1.82, 2.24) is 10.2 Å². The van der Waals surface area contributed by atoms with Gasteiger partial charge in [-0.1, -0.05) is 34.6 Å². The first-order valence-corrected chi connectivity index (χ1v) is 5.98. The summed E-state index contributed by atoms with van der Waals surface area (Å²) >= 11 is 0. The Morgan fingerprint density at radius 1 is 1.33 bits per heavy atom. The van der Waals surface area contributed by atoms with Crippen molar-refractivity contribution in [2.45, 2.75) is 40.7 Å². The van der Waals surface area contributed by atoms with Gasteiger partial charge in [0.15, 0.2) is 0 Å². The Morgan fingerprint density at radius 2 is 1.93 bits per heavy atom. The van der Waals surface area contributed by atoms with Gasteiger partial charge in [-0.05, 0) is 12.0 Å². The van der Waals surface area contributed by atoms with E-state index in [0.717, 1.165) is 26.2 Å². The van der Waals surface area contributed by atoms with Gasteiger partial charge in [0.2, 0.25) is 0 Å². The van der Waals surface area contributed by atoms with E-state index in [0.29, 0.717) is 6.04 Å². The third kappa shape index (κ3) is 7.77. The Morgan fingerprint density at radius 3 is 2.33 bits per heavy atom. The molecule has 0 aromatic carbocycles. The van der Waals surface area contributed by atoms with E-state index in [1.807, 2.05) is 0 Å². The number of aliphatic hydroxyl groups excluding tert-OH is 1. The van der Waals surface area contributed by atoms with Crippen LogP contribution in [-0.4, -0.2) is 48.8 Å². The minimum absolute atomic E-state index is 0.252. The molecule has 0 fully saturated rings. The van der Waals surface area contributed by atoms with Crippen LogP contribution in [-0.2, 0) is 0 Å². The summed E-state index contributed by atoms with van der Waals surface area (Å²) in [6.07, 6.45) is 0. The molecule has 0 atom stereocenters. The fourth-order valence-corrected chi connectivity index (χ4v) is 1.63. The first-order valence-electron chi connectivity index (χ1n) is 5.98. The summed E-state index contributed by atoms with van der Waals surface area (Å²) in [5.41, 5.74) is 0.259. The number of hydrogen-bond donors (Lipinski definition) is 2. The molecule has 0 aromatic rings. The van der Waals surface area contributed by atoms with Crippen LogP contribution in [0.4, 0.5) is 0 Å². The Balaban J connectivity index is 3.97. The van der Waals surface area contributed by atoms with Gasteiger partial charge < -0.3 is 15.3 Å². The quantitative estimate of drug-likeness (QED) is 0.642. The van der Waals surface area contributed by atoms with Gasteiger partial charge in [-0.25, -0.2) is 0 Å². The molecule has 92 valence electrons. The zero-order valence-electron chi connectivity index (χ0n) is 11.0. The van der Waals surface area contributed by atoms with Crippen molar-refractivity contribution in [1.29, 1.82) is 0 Å². The molecule has 0 aliphatic rings. The molecule has 0 spiro atoms. The summed E-state index contributed by atoms with van der Waals surface area (Å²) in [7, 11) is 0. The van der Waals surface area contributed by atoms with Crippen LogP contribution in [0.2, 0.25) is 0 Å². The first kappa shape index (κ1) is 14.9. The summed E-state index contributed by atoms with van der Waals surface area (Å²) in [5.74, 6) is 0. The molecular weight excluding hydrogens is 188 g/mol. The largest absolute Gasteiger partial charge is 0.395 e. The predicted molar refractivity (Wildman–Crippen MR) is 66.1 cm³/mol. The van der Waals surface area contributed by atoms with Crippen molar-refractivity contribution >= 4 is 0 Å². The number of nitrogens with one attached hydrogen (secondary N) is 1. The second-order valence-electron chi connectivity index (χ2n) is 5.29. The van der Waals surface area contributed by atoms with E-state index in [1.165, 1.54) is 0 Å². The number of rotatable bonds is 8. The molecule has 0 rings (SSSR count). The predicted octanol–water partition coefficient (Wildman–Crippen LogP) is 1.32. The fourth-order valence-electron chi connectivity index (χ4n) is 1.63. The first-order chi connectivity index (χ1) is 6.91. The van der Waals surface area contributed by atoms with E-state index in [-0.39, 0.29) is 12.0 Å². The second kappa shape index (κ2) is 7.20. The van der Waals surface area contributed by atoms with E-state index < -0.39 is 0 Å². The average Bonchev–Trinajstić information content (AvgIpc) is 2.14. The lowest BCUT2D eigenvalue weighted by Gasteiger charge is -2.32. The van der Waals surface area contributed by atoms with Gasteiger partial charge in [0.1, 0.15) is 0 Å². The van der Waals surface area contributed by atoms with Crippen LogP contribution in [0.25, 0.3) is 0 Å². The maximum absolute atomic E-state index is 8.93. The molecule has 3 nitrogen and oxygen atoms in total. The molecule has 0 aliphatic carbocycles. The van der Waals surface area contributed by atoms with E-state index in [1.54, 1.807) is 0 Å². The SMILES string of the molecule is CCN(CCO)CC(C)(C)CNC(C)C. The van der Waals surface area contributed by atoms with Gasteiger partial charge in [0.05, 0.1) is 6.61 Å². The maximum Gasteiger partial charge on any atom is 0.0558 e. The van der Waals surface area contributed by atoms with Crippen LogP contribution in [0.15, 0.2) is 0 Å². The molecule has 0 saturated carbocycles. The van der Waals surface area contributed by atoms with Gasteiger partial charge in [-0.3, -0.25) is 0 Å². The number of hydrogen-bond acceptors (Lipinski definition) is 3. The van der Waals surface area contributed by atoms with Gasteiger partial charge in [0, 0.05) is 25.7 Å². The number of nitrogens with zero attached hydrogens (tertiary/aromatic N) is 1. The van der Waals surface area contributed by atoms with Crippen molar-refractivity contribution in [2.75, 3.05) is 32.8 Å². The van der Waals surface area contributed by atoms with Crippen LogP contribution >= 0.6 is 0 Å². The second-order valence-corrected chi connectivity index (χ2v) is 5.29. The van der Waals surface area contributed by atoms with Crippen molar-refractivity contribution in [3.05, 3.63) is 0 Å². The van der Waals surface area contributed by atoms with Gasteiger partial charge in [0.25, 0.3) is 0 Å². The summed E-state index contributed by atoms with van der Waals surface area (Å²) < 4.78 is 0. The van der Waals surface area contributed by atoms with E-state index in [4.69, 9.17) is 5.11 Å². The Labute approximate surface area is 94.9 Å². The highest BCUT2D eigenvalue weighted by Crippen LogP contribution is 2.15. The normalized spacial score (nSPS) is 12.8. The molecule has 3 heteroatoms. The zero-order chi connectivity index (χ0) is 11.9. The van der Waals surface area contributed by atoms with Crippen molar-refractivity contribution in [3.63, 3.8) is 0 Å². The molecule has 0 amide bonds. The molecule has 15 heavy (non-hydrogen) atoms. The monoisotopic (exact) mass is 216 g/mol. The van der Waals surface area contributed by atoms with Gasteiger partial charge in [-0.2, -0.15) is 0 Å². The van der Waals surface area contributed by atoms with Crippen LogP contribution in [0.5, 0.6) is 0 Å². The van der Waals surface area contributed by atoms with Crippen LogP contribution in [0.3, 0.4) is 0 Å². The Bertz CT molecular complexity index is 158. The zero-order valence-corrected chi connectivity index (χ0v) is 11.0. The summed E-state index contributed by atoms with van der Waals surface area (Å²) in [6.45, 7) is 15.1. The van der Waals surface area contributed by atoms with Crippen LogP contribution in [0.1, 0.15) is 34.6 Å². The van der Waals surface area contributed by atoms with Gasteiger partial charge in [-0.15, -0.1) is 0 Å². The fraction of sp³-hybridized carbons (Fsp3) is 1.00. The van der Waals surface area contributed by atoms with E-state index in [9.17, 15) is 0 Å². The summed E-state index contributed by atoms with van der Waals surface area (Å²) in [6, 6.07) is 0.539. The molecule has 0 saturated heterocycles. The van der Waals surface area contributed by atoms with E-state index >= 15 is 0 Å². The lowest BCUT2D eigenvalue weighted by Crippen LogP contribution is -2.43. The lowest BCUT2D eigenvalue weighted by molar-refractivity contribution is 0.146. The van der Waals surface area contributed by atoms with Crippen molar-refractivity contribution < 1.29 is 5.11 Å².